The molecule has 0 amide bonds. The Hall–Kier alpha value is -1.13. The molecule has 16 heavy (non-hydrogen) atoms. The van der Waals surface area contributed by atoms with Gasteiger partial charge in [-0.25, -0.2) is 4.98 Å². The first-order valence-electron chi connectivity index (χ1n) is 5.16. The van der Waals surface area contributed by atoms with Gasteiger partial charge >= 0.3 is 0 Å². The molecule has 84 valence electrons. The fraction of sp³-hybridized carbons (Fsp3) is 0.250. The summed E-state index contributed by atoms with van der Waals surface area (Å²) < 4.78 is 0.772. The van der Waals surface area contributed by atoms with Gasteiger partial charge in [-0.1, -0.05) is 23.8 Å². The van der Waals surface area contributed by atoms with Gasteiger partial charge in [0.2, 0.25) is 0 Å². The van der Waals surface area contributed by atoms with Gasteiger partial charge in [-0.05, 0) is 36.0 Å². The first-order valence-corrected chi connectivity index (χ1v) is 5.96. The molecule has 0 aliphatic heterocycles. The van der Waals surface area contributed by atoms with E-state index in [-0.39, 0.29) is 0 Å². The number of hydrogen-bond acceptors (Lipinski definition) is 2. The molecule has 0 saturated carbocycles. The van der Waals surface area contributed by atoms with E-state index in [2.05, 4.69) is 62.4 Å². The van der Waals surface area contributed by atoms with E-state index < -0.39 is 0 Å². The lowest BCUT2D eigenvalue weighted by atomic mass is 10.1. The first kappa shape index (κ1) is 11.4. The van der Waals surface area contributed by atoms with Crippen LogP contribution >= 0.6 is 15.9 Å². The summed E-state index contributed by atoms with van der Waals surface area (Å²) in [6.45, 7) is 2.87. The monoisotopic (exact) mass is 279 g/mol. The van der Waals surface area contributed by atoms with Crippen molar-refractivity contribution >= 4 is 15.9 Å². The van der Waals surface area contributed by atoms with Crippen molar-refractivity contribution < 1.29 is 0 Å². The summed E-state index contributed by atoms with van der Waals surface area (Å²) in [7, 11) is 1.93. The second kappa shape index (κ2) is 4.80. The quantitative estimate of drug-likeness (QED) is 0.907. The van der Waals surface area contributed by atoms with Crippen LogP contribution in [0.2, 0.25) is 0 Å². The number of aromatic amines is 1. The standard InChI is InChI=1S/C12H14BrN3/c1-8-4-3-5-9(6-8)11-10(7-14-2)15-12(13)16-11/h3-6,14H,7H2,1-2H3,(H,15,16). The van der Waals surface area contributed by atoms with Crippen LogP contribution in [0.1, 0.15) is 11.3 Å². The molecular formula is C12H14BrN3. The van der Waals surface area contributed by atoms with Crippen LogP contribution in [-0.2, 0) is 6.54 Å². The molecule has 2 rings (SSSR count). The Kier molecular flexibility index (Phi) is 3.41. The van der Waals surface area contributed by atoms with Crippen LogP contribution in [0.15, 0.2) is 29.0 Å². The summed E-state index contributed by atoms with van der Waals surface area (Å²) in [6.07, 6.45) is 0. The summed E-state index contributed by atoms with van der Waals surface area (Å²) in [6, 6.07) is 8.36. The molecule has 3 nitrogen and oxygen atoms in total. The number of hydrogen-bond donors (Lipinski definition) is 2. The van der Waals surface area contributed by atoms with E-state index in [1.165, 1.54) is 5.56 Å². The van der Waals surface area contributed by atoms with Gasteiger partial charge in [0, 0.05) is 12.1 Å². The van der Waals surface area contributed by atoms with Gasteiger partial charge in [0.1, 0.15) is 0 Å². The van der Waals surface area contributed by atoms with Crippen LogP contribution < -0.4 is 5.32 Å². The first-order chi connectivity index (χ1) is 7.70. The molecule has 0 saturated heterocycles. The lowest BCUT2D eigenvalue weighted by Gasteiger charge is -2.02. The van der Waals surface area contributed by atoms with Gasteiger partial charge in [-0.3, -0.25) is 0 Å². The average molecular weight is 280 g/mol. The van der Waals surface area contributed by atoms with Crippen molar-refractivity contribution in [3.05, 3.63) is 40.3 Å². The van der Waals surface area contributed by atoms with Crippen LogP contribution in [0.3, 0.4) is 0 Å². The van der Waals surface area contributed by atoms with Crippen molar-refractivity contribution in [3.8, 4) is 11.3 Å². The van der Waals surface area contributed by atoms with Gasteiger partial charge in [-0.2, -0.15) is 0 Å². The molecule has 2 aromatic rings. The van der Waals surface area contributed by atoms with E-state index in [1.807, 2.05) is 7.05 Å². The van der Waals surface area contributed by atoms with E-state index in [0.29, 0.717) is 0 Å². The Morgan fingerprint density at radius 2 is 2.25 bits per heavy atom. The number of aromatic nitrogens is 2. The van der Waals surface area contributed by atoms with Gasteiger partial charge in [0.25, 0.3) is 0 Å². The van der Waals surface area contributed by atoms with Crippen molar-refractivity contribution in [2.24, 2.45) is 0 Å². The Morgan fingerprint density at radius 1 is 1.44 bits per heavy atom. The van der Waals surface area contributed by atoms with Crippen LogP contribution in [0.4, 0.5) is 0 Å². The van der Waals surface area contributed by atoms with Crippen molar-refractivity contribution in [2.75, 3.05) is 7.05 Å². The number of H-pyrrole nitrogens is 1. The second-order valence-corrected chi connectivity index (χ2v) is 4.51. The highest BCUT2D eigenvalue weighted by atomic mass is 79.9. The van der Waals surface area contributed by atoms with Crippen LogP contribution in [0, 0.1) is 6.92 Å². The summed E-state index contributed by atoms with van der Waals surface area (Å²) in [5, 5.41) is 3.13. The van der Waals surface area contributed by atoms with Crippen LogP contribution in [0.5, 0.6) is 0 Å². The third-order valence-corrected chi connectivity index (χ3v) is 2.77. The number of benzene rings is 1. The largest absolute Gasteiger partial charge is 0.335 e. The molecule has 0 aliphatic carbocycles. The van der Waals surface area contributed by atoms with Crippen LogP contribution in [-0.4, -0.2) is 17.0 Å². The van der Waals surface area contributed by atoms with E-state index in [9.17, 15) is 0 Å². The zero-order valence-corrected chi connectivity index (χ0v) is 10.9. The predicted octanol–water partition coefficient (Wildman–Crippen LogP) is 2.87. The maximum Gasteiger partial charge on any atom is 0.175 e. The Morgan fingerprint density at radius 3 is 2.94 bits per heavy atom. The number of nitrogens with zero attached hydrogens (tertiary/aromatic N) is 1. The average Bonchev–Trinajstić information content (AvgIpc) is 2.60. The smallest absolute Gasteiger partial charge is 0.175 e. The Labute approximate surface area is 103 Å². The summed E-state index contributed by atoms with van der Waals surface area (Å²) in [5.41, 5.74) is 4.49. The van der Waals surface area contributed by atoms with Gasteiger partial charge in [0.05, 0.1) is 11.4 Å². The number of halogens is 1. The fourth-order valence-electron chi connectivity index (χ4n) is 1.71. The number of nitrogens with one attached hydrogen (secondary N) is 2. The molecular weight excluding hydrogens is 266 g/mol. The maximum atomic E-state index is 4.46. The number of rotatable bonds is 3. The minimum absolute atomic E-state index is 0.772. The third kappa shape index (κ3) is 2.33. The van der Waals surface area contributed by atoms with Crippen LogP contribution in [0.25, 0.3) is 11.3 Å². The minimum atomic E-state index is 0.772. The zero-order chi connectivity index (χ0) is 11.5. The second-order valence-electron chi connectivity index (χ2n) is 3.75. The SMILES string of the molecule is CNCc1[nH]c(Br)nc1-c1cccc(C)c1. The molecule has 0 fully saturated rings. The molecule has 0 bridgehead atoms. The molecule has 2 N–H and O–H groups in total. The fourth-order valence-corrected chi connectivity index (χ4v) is 2.13. The number of aryl methyl sites for hydroxylation is 1. The summed E-state index contributed by atoms with van der Waals surface area (Å²) in [5.74, 6) is 0. The molecule has 4 heteroatoms. The highest BCUT2D eigenvalue weighted by molar-refractivity contribution is 9.10. The Bertz CT molecular complexity index is 491. The van der Waals surface area contributed by atoms with E-state index in [1.54, 1.807) is 0 Å². The molecule has 1 aromatic heterocycles. The maximum absolute atomic E-state index is 4.46. The van der Waals surface area contributed by atoms with E-state index >= 15 is 0 Å². The lowest BCUT2D eigenvalue weighted by Crippen LogP contribution is -2.06. The van der Waals surface area contributed by atoms with E-state index in [4.69, 9.17) is 0 Å². The van der Waals surface area contributed by atoms with Gasteiger partial charge in [-0.15, -0.1) is 0 Å². The summed E-state index contributed by atoms with van der Waals surface area (Å²) in [4.78, 5) is 7.67. The molecule has 1 aromatic carbocycles. The molecule has 0 spiro atoms. The molecule has 0 atom stereocenters. The van der Waals surface area contributed by atoms with Gasteiger partial charge in [0.15, 0.2) is 4.73 Å². The number of imidazole rings is 1. The van der Waals surface area contributed by atoms with Crippen molar-refractivity contribution in [1.82, 2.24) is 15.3 Å². The zero-order valence-electron chi connectivity index (χ0n) is 9.34. The third-order valence-electron chi connectivity index (χ3n) is 2.39. The highest BCUT2D eigenvalue weighted by Crippen LogP contribution is 2.24. The molecule has 0 aliphatic rings. The van der Waals surface area contributed by atoms with Gasteiger partial charge < -0.3 is 10.3 Å². The Balaban J connectivity index is 2.46. The highest BCUT2D eigenvalue weighted by Gasteiger charge is 2.10. The normalized spacial score (nSPS) is 10.7. The van der Waals surface area contributed by atoms with E-state index in [0.717, 1.165) is 28.2 Å². The van der Waals surface area contributed by atoms with Crippen molar-refractivity contribution in [3.63, 3.8) is 0 Å². The molecule has 0 radical (unpaired) electrons. The predicted molar refractivity (Wildman–Crippen MR) is 69.2 cm³/mol. The minimum Gasteiger partial charge on any atom is -0.335 e. The molecule has 0 unspecified atom stereocenters. The molecule has 1 heterocycles. The van der Waals surface area contributed by atoms with Crippen molar-refractivity contribution in [1.29, 1.82) is 0 Å². The topological polar surface area (TPSA) is 40.7 Å². The summed E-state index contributed by atoms with van der Waals surface area (Å²) >= 11 is 3.37. The lowest BCUT2D eigenvalue weighted by molar-refractivity contribution is 0.797. The van der Waals surface area contributed by atoms with Crippen molar-refractivity contribution in [2.45, 2.75) is 13.5 Å².